The predicted molar refractivity (Wildman–Crippen MR) is 77.9 cm³/mol. The van der Waals surface area contributed by atoms with Crippen LogP contribution in [0.4, 0.5) is 0 Å². The van der Waals surface area contributed by atoms with Crippen LogP contribution in [-0.2, 0) is 0 Å². The van der Waals surface area contributed by atoms with Crippen molar-refractivity contribution in [2.45, 2.75) is 70.9 Å². The van der Waals surface area contributed by atoms with E-state index in [0.29, 0.717) is 5.54 Å². The van der Waals surface area contributed by atoms with E-state index in [2.05, 4.69) is 37.9 Å². The lowest BCUT2D eigenvalue weighted by Gasteiger charge is -2.35. The molecule has 1 aliphatic heterocycles. The fourth-order valence-electron chi connectivity index (χ4n) is 3.20. The molecule has 18 heavy (non-hydrogen) atoms. The molecule has 3 nitrogen and oxygen atoms in total. The first-order valence-electron chi connectivity index (χ1n) is 7.60. The Morgan fingerprint density at radius 3 is 2.50 bits per heavy atom. The van der Waals surface area contributed by atoms with E-state index in [0.717, 1.165) is 19.4 Å². The maximum Gasteiger partial charge on any atom is 0.0613 e. The number of likely N-dealkylation sites (tertiary alicyclic amines) is 1. The van der Waals surface area contributed by atoms with Gasteiger partial charge in [-0.2, -0.15) is 0 Å². The summed E-state index contributed by atoms with van der Waals surface area (Å²) in [7, 11) is 0. The van der Waals surface area contributed by atoms with Gasteiger partial charge in [-0.05, 0) is 65.6 Å². The van der Waals surface area contributed by atoms with Gasteiger partial charge in [-0.3, -0.25) is 4.90 Å². The van der Waals surface area contributed by atoms with Crippen LogP contribution in [0.5, 0.6) is 0 Å². The minimum absolute atomic E-state index is 0.0569. The largest absolute Gasteiger partial charge is 0.394 e. The number of likely N-dealkylation sites (N-methyl/N-ethyl adjacent to an activating group) is 1. The van der Waals surface area contributed by atoms with Gasteiger partial charge in [0.1, 0.15) is 0 Å². The summed E-state index contributed by atoms with van der Waals surface area (Å²) in [6.07, 6.45) is 5.89. The molecule has 0 radical (unpaired) electrons. The second-order valence-corrected chi connectivity index (χ2v) is 6.33. The van der Waals surface area contributed by atoms with E-state index in [1.54, 1.807) is 0 Å². The zero-order valence-corrected chi connectivity index (χ0v) is 12.8. The summed E-state index contributed by atoms with van der Waals surface area (Å²) >= 11 is 0. The van der Waals surface area contributed by atoms with E-state index in [1.807, 2.05) is 0 Å². The van der Waals surface area contributed by atoms with Crippen LogP contribution in [0.1, 0.15) is 59.8 Å². The van der Waals surface area contributed by atoms with Gasteiger partial charge >= 0.3 is 0 Å². The number of rotatable bonds is 8. The molecule has 0 bridgehead atoms. The van der Waals surface area contributed by atoms with Crippen LogP contribution >= 0.6 is 0 Å². The summed E-state index contributed by atoms with van der Waals surface area (Å²) in [5.74, 6) is 0. The Morgan fingerprint density at radius 2 is 2.06 bits per heavy atom. The molecule has 1 atom stereocenters. The molecule has 0 aromatic carbocycles. The van der Waals surface area contributed by atoms with E-state index < -0.39 is 0 Å². The normalized spacial score (nSPS) is 23.2. The molecule has 0 aromatic rings. The van der Waals surface area contributed by atoms with E-state index in [-0.39, 0.29) is 12.1 Å². The van der Waals surface area contributed by atoms with Crippen molar-refractivity contribution in [3.63, 3.8) is 0 Å². The molecule has 3 heteroatoms. The van der Waals surface area contributed by atoms with E-state index >= 15 is 0 Å². The van der Waals surface area contributed by atoms with Crippen LogP contribution in [0, 0.1) is 0 Å². The third kappa shape index (κ3) is 3.94. The molecular weight excluding hydrogens is 224 g/mol. The van der Waals surface area contributed by atoms with Crippen molar-refractivity contribution in [3.8, 4) is 0 Å². The second-order valence-electron chi connectivity index (χ2n) is 6.33. The van der Waals surface area contributed by atoms with Crippen molar-refractivity contribution < 1.29 is 5.11 Å². The molecule has 108 valence electrons. The highest BCUT2D eigenvalue weighted by molar-refractivity contribution is 4.90. The molecule has 1 aliphatic rings. The van der Waals surface area contributed by atoms with Crippen molar-refractivity contribution in [2.24, 2.45) is 0 Å². The standard InChI is InChI=1S/C15H32N2O/c1-5-15(13-18,16-6-2)10-8-12-17-11-7-9-14(17,3)4/h16,18H,5-13H2,1-4H3. The molecule has 1 rings (SSSR count). The maximum absolute atomic E-state index is 9.63. The molecule has 0 amide bonds. The number of aliphatic hydroxyl groups is 1. The summed E-state index contributed by atoms with van der Waals surface area (Å²) in [6, 6.07) is 0. The molecule has 1 unspecified atom stereocenters. The number of hydrogen-bond acceptors (Lipinski definition) is 3. The van der Waals surface area contributed by atoms with E-state index in [1.165, 1.54) is 32.4 Å². The van der Waals surface area contributed by atoms with Crippen molar-refractivity contribution in [1.82, 2.24) is 10.2 Å². The molecule has 2 N–H and O–H groups in total. The monoisotopic (exact) mass is 256 g/mol. The van der Waals surface area contributed by atoms with Crippen LogP contribution in [0.3, 0.4) is 0 Å². The molecule has 0 spiro atoms. The lowest BCUT2D eigenvalue weighted by atomic mass is 9.90. The van der Waals surface area contributed by atoms with Gasteiger partial charge in [0, 0.05) is 11.1 Å². The minimum Gasteiger partial charge on any atom is -0.394 e. The fraction of sp³-hybridized carbons (Fsp3) is 1.00. The van der Waals surface area contributed by atoms with Gasteiger partial charge in [0.25, 0.3) is 0 Å². The van der Waals surface area contributed by atoms with Crippen LogP contribution in [0.2, 0.25) is 0 Å². The van der Waals surface area contributed by atoms with Crippen LogP contribution in [0.15, 0.2) is 0 Å². The third-order valence-corrected chi connectivity index (χ3v) is 4.69. The lowest BCUT2D eigenvalue weighted by Crippen LogP contribution is -2.48. The highest BCUT2D eigenvalue weighted by Gasteiger charge is 2.32. The van der Waals surface area contributed by atoms with Gasteiger partial charge in [0.2, 0.25) is 0 Å². The molecular formula is C15H32N2O. The summed E-state index contributed by atoms with van der Waals surface area (Å²) in [6.45, 7) is 12.6. The number of hydrogen-bond donors (Lipinski definition) is 2. The lowest BCUT2D eigenvalue weighted by molar-refractivity contribution is 0.128. The van der Waals surface area contributed by atoms with Crippen molar-refractivity contribution in [1.29, 1.82) is 0 Å². The van der Waals surface area contributed by atoms with Gasteiger partial charge in [-0.1, -0.05) is 13.8 Å². The molecule has 1 heterocycles. The van der Waals surface area contributed by atoms with Gasteiger partial charge in [-0.15, -0.1) is 0 Å². The molecule has 1 saturated heterocycles. The number of nitrogens with one attached hydrogen (secondary N) is 1. The first-order valence-corrected chi connectivity index (χ1v) is 7.60. The Labute approximate surface area is 113 Å². The number of nitrogens with zero attached hydrogens (tertiary/aromatic N) is 1. The second kappa shape index (κ2) is 6.88. The van der Waals surface area contributed by atoms with Gasteiger partial charge in [-0.25, -0.2) is 0 Å². The molecule has 0 aliphatic carbocycles. The molecule has 0 aromatic heterocycles. The quantitative estimate of drug-likeness (QED) is 0.700. The topological polar surface area (TPSA) is 35.5 Å². The van der Waals surface area contributed by atoms with Crippen LogP contribution in [-0.4, -0.2) is 47.3 Å². The summed E-state index contributed by atoms with van der Waals surface area (Å²) in [5.41, 5.74) is 0.324. The average molecular weight is 256 g/mol. The van der Waals surface area contributed by atoms with Crippen molar-refractivity contribution in [3.05, 3.63) is 0 Å². The molecule has 0 saturated carbocycles. The summed E-state index contributed by atoms with van der Waals surface area (Å²) in [4.78, 5) is 2.61. The predicted octanol–water partition coefficient (Wildman–Crippen LogP) is 2.39. The highest BCUT2D eigenvalue weighted by Crippen LogP contribution is 2.29. The van der Waals surface area contributed by atoms with Gasteiger partial charge < -0.3 is 10.4 Å². The maximum atomic E-state index is 9.63. The SMILES string of the molecule is CCNC(CC)(CO)CCCN1CCCC1(C)C. The van der Waals surface area contributed by atoms with Gasteiger partial charge in [0.05, 0.1) is 6.61 Å². The van der Waals surface area contributed by atoms with Crippen molar-refractivity contribution >= 4 is 0 Å². The summed E-state index contributed by atoms with van der Waals surface area (Å²) in [5, 5.41) is 13.1. The third-order valence-electron chi connectivity index (χ3n) is 4.69. The highest BCUT2D eigenvalue weighted by atomic mass is 16.3. The Kier molecular flexibility index (Phi) is 6.09. The zero-order valence-electron chi connectivity index (χ0n) is 12.8. The average Bonchev–Trinajstić information content (AvgIpc) is 2.68. The molecule has 1 fully saturated rings. The smallest absolute Gasteiger partial charge is 0.0613 e. The number of aliphatic hydroxyl groups excluding tert-OH is 1. The zero-order chi connectivity index (χ0) is 13.6. The first-order chi connectivity index (χ1) is 8.49. The van der Waals surface area contributed by atoms with E-state index in [4.69, 9.17) is 0 Å². The Hall–Kier alpha value is -0.120. The van der Waals surface area contributed by atoms with Crippen LogP contribution < -0.4 is 5.32 Å². The first kappa shape index (κ1) is 15.9. The van der Waals surface area contributed by atoms with E-state index in [9.17, 15) is 5.11 Å². The fourth-order valence-corrected chi connectivity index (χ4v) is 3.20. The Morgan fingerprint density at radius 1 is 1.33 bits per heavy atom. The van der Waals surface area contributed by atoms with Crippen molar-refractivity contribution in [2.75, 3.05) is 26.2 Å². The Bertz CT molecular complexity index is 237. The van der Waals surface area contributed by atoms with Crippen LogP contribution in [0.25, 0.3) is 0 Å². The Balaban J connectivity index is 2.39. The summed E-state index contributed by atoms with van der Waals surface area (Å²) < 4.78 is 0. The van der Waals surface area contributed by atoms with Gasteiger partial charge in [0.15, 0.2) is 0 Å². The minimum atomic E-state index is -0.0569.